The molecule has 2 nitrogen and oxygen atoms in total. The molecule has 0 aliphatic heterocycles. The smallest absolute Gasteiger partial charge is 0.114 e. The van der Waals surface area contributed by atoms with E-state index in [4.69, 9.17) is 10.7 Å². The molecule has 2 atom stereocenters. The molecule has 0 radical (unpaired) electrons. The van der Waals surface area contributed by atoms with Gasteiger partial charge in [0.2, 0.25) is 0 Å². The maximum absolute atomic E-state index is 6.66. The van der Waals surface area contributed by atoms with Gasteiger partial charge in [-0.3, -0.25) is 0 Å². The number of aryl methyl sites for hydroxylation is 1. The third-order valence-corrected chi connectivity index (χ3v) is 6.08. The average molecular weight is 292 g/mol. The van der Waals surface area contributed by atoms with Crippen molar-refractivity contribution in [2.24, 2.45) is 11.7 Å². The van der Waals surface area contributed by atoms with E-state index in [0.717, 1.165) is 23.5 Å². The van der Waals surface area contributed by atoms with Gasteiger partial charge in [0.05, 0.1) is 16.1 Å². The summed E-state index contributed by atoms with van der Waals surface area (Å²) in [5, 5.41) is 3.24. The van der Waals surface area contributed by atoms with Crippen molar-refractivity contribution in [1.29, 1.82) is 0 Å². The highest BCUT2D eigenvalue weighted by molar-refractivity contribution is 7.15. The Balaban J connectivity index is 1.96. The van der Waals surface area contributed by atoms with Crippen LogP contribution in [0.2, 0.25) is 0 Å². The molecule has 3 rings (SSSR count). The highest BCUT2D eigenvalue weighted by atomic mass is 32.1. The molecule has 102 valence electrons. The quantitative estimate of drug-likeness (QED) is 0.882. The van der Waals surface area contributed by atoms with Crippen LogP contribution < -0.4 is 5.73 Å². The summed E-state index contributed by atoms with van der Waals surface area (Å²) in [6.07, 6.45) is 4.68. The first kappa shape index (κ1) is 13.3. The van der Waals surface area contributed by atoms with Crippen LogP contribution in [0.1, 0.15) is 42.5 Å². The van der Waals surface area contributed by atoms with Crippen LogP contribution in [0, 0.1) is 12.8 Å². The van der Waals surface area contributed by atoms with Gasteiger partial charge >= 0.3 is 0 Å². The number of aromatic nitrogens is 1. The molecule has 1 aliphatic carbocycles. The van der Waals surface area contributed by atoms with Crippen LogP contribution in [0.3, 0.4) is 0 Å². The lowest BCUT2D eigenvalue weighted by molar-refractivity contribution is 0.238. The number of hydrogen-bond acceptors (Lipinski definition) is 4. The van der Waals surface area contributed by atoms with E-state index >= 15 is 0 Å². The highest BCUT2D eigenvalue weighted by Gasteiger charge is 2.36. The molecular formula is C15H20N2S2. The topological polar surface area (TPSA) is 38.9 Å². The predicted molar refractivity (Wildman–Crippen MR) is 83.7 cm³/mol. The Hall–Kier alpha value is -0.710. The Morgan fingerprint density at radius 2 is 2.32 bits per heavy atom. The largest absolute Gasteiger partial charge is 0.319 e. The Labute approximate surface area is 122 Å². The molecule has 0 bridgehead atoms. The molecule has 2 heterocycles. The predicted octanol–water partition coefficient (Wildman–Crippen LogP) is 4.54. The molecule has 1 fully saturated rings. The van der Waals surface area contributed by atoms with E-state index in [9.17, 15) is 0 Å². The molecule has 1 aliphatic rings. The van der Waals surface area contributed by atoms with Crippen molar-refractivity contribution in [3.63, 3.8) is 0 Å². The fraction of sp³-hybridized carbons (Fsp3) is 0.533. The maximum atomic E-state index is 6.66. The third kappa shape index (κ3) is 2.49. The van der Waals surface area contributed by atoms with Gasteiger partial charge in [-0.25, -0.2) is 4.98 Å². The van der Waals surface area contributed by atoms with Crippen LogP contribution in [0.5, 0.6) is 0 Å². The van der Waals surface area contributed by atoms with Crippen LogP contribution in [0.4, 0.5) is 0 Å². The number of thiophene rings is 1. The van der Waals surface area contributed by atoms with Gasteiger partial charge in [-0.2, -0.15) is 0 Å². The normalized spacial score (nSPS) is 27.6. The molecule has 4 heteroatoms. The van der Waals surface area contributed by atoms with Gasteiger partial charge in [0.25, 0.3) is 0 Å². The zero-order valence-electron chi connectivity index (χ0n) is 11.5. The van der Waals surface area contributed by atoms with Crippen molar-refractivity contribution in [1.82, 2.24) is 4.98 Å². The van der Waals surface area contributed by atoms with Crippen molar-refractivity contribution < 1.29 is 0 Å². The summed E-state index contributed by atoms with van der Waals surface area (Å²) in [4.78, 5) is 7.44. The number of thiazole rings is 1. The summed E-state index contributed by atoms with van der Waals surface area (Å²) in [6, 6.07) is 4.22. The van der Waals surface area contributed by atoms with Crippen molar-refractivity contribution in [2.75, 3.05) is 0 Å². The van der Waals surface area contributed by atoms with Gasteiger partial charge in [-0.05, 0) is 37.1 Å². The first-order chi connectivity index (χ1) is 9.08. The molecule has 19 heavy (non-hydrogen) atoms. The van der Waals surface area contributed by atoms with Crippen LogP contribution >= 0.6 is 22.7 Å². The summed E-state index contributed by atoms with van der Waals surface area (Å²) < 4.78 is 0. The minimum atomic E-state index is -0.192. The standard InChI is InChI=1S/C15H20N2S2/c1-10-5-3-7-15(16,9-10)14-17-13(11(2)19-14)12-6-4-8-18-12/h4,6,8,10H,3,5,7,9,16H2,1-2H3. The van der Waals surface area contributed by atoms with Gasteiger partial charge in [-0.1, -0.05) is 25.8 Å². The second-order valence-electron chi connectivity index (χ2n) is 5.76. The van der Waals surface area contributed by atoms with Crippen molar-refractivity contribution in [3.8, 4) is 10.6 Å². The number of rotatable bonds is 2. The first-order valence-electron chi connectivity index (χ1n) is 6.89. The van der Waals surface area contributed by atoms with Gasteiger partial charge in [-0.15, -0.1) is 22.7 Å². The highest BCUT2D eigenvalue weighted by Crippen LogP contribution is 2.42. The lowest BCUT2D eigenvalue weighted by Gasteiger charge is -2.35. The SMILES string of the molecule is Cc1sc(C2(N)CCCC(C)C2)nc1-c1cccs1. The Morgan fingerprint density at radius 3 is 3.00 bits per heavy atom. The van der Waals surface area contributed by atoms with E-state index in [1.807, 2.05) is 0 Å². The number of nitrogens with zero attached hydrogens (tertiary/aromatic N) is 1. The molecule has 2 aromatic heterocycles. The molecule has 2 unspecified atom stereocenters. The van der Waals surface area contributed by atoms with Crippen LogP contribution in [0.15, 0.2) is 17.5 Å². The first-order valence-corrected chi connectivity index (χ1v) is 8.59. The minimum Gasteiger partial charge on any atom is -0.319 e. The van der Waals surface area contributed by atoms with Crippen LogP contribution in [0.25, 0.3) is 10.6 Å². The van der Waals surface area contributed by atoms with Gasteiger partial charge in [0.1, 0.15) is 5.01 Å². The second kappa shape index (κ2) is 5.00. The van der Waals surface area contributed by atoms with Gasteiger partial charge in [0, 0.05) is 4.88 Å². The van der Waals surface area contributed by atoms with Crippen molar-refractivity contribution in [2.45, 2.75) is 45.1 Å². The molecule has 1 saturated carbocycles. The van der Waals surface area contributed by atoms with Crippen LogP contribution in [-0.2, 0) is 5.54 Å². The maximum Gasteiger partial charge on any atom is 0.114 e. The Kier molecular flexibility index (Phi) is 3.50. The molecule has 0 saturated heterocycles. The lowest BCUT2D eigenvalue weighted by Crippen LogP contribution is -2.40. The van der Waals surface area contributed by atoms with Gasteiger partial charge in [0.15, 0.2) is 0 Å². The summed E-state index contributed by atoms with van der Waals surface area (Å²) in [5.41, 5.74) is 7.60. The molecule has 2 N–H and O–H groups in total. The van der Waals surface area contributed by atoms with E-state index in [1.165, 1.54) is 22.6 Å². The number of hydrogen-bond donors (Lipinski definition) is 1. The van der Waals surface area contributed by atoms with E-state index in [1.54, 1.807) is 22.7 Å². The van der Waals surface area contributed by atoms with E-state index in [0.29, 0.717) is 5.92 Å². The van der Waals surface area contributed by atoms with Crippen molar-refractivity contribution in [3.05, 3.63) is 27.4 Å². The molecule has 0 spiro atoms. The van der Waals surface area contributed by atoms with Crippen LogP contribution in [-0.4, -0.2) is 4.98 Å². The second-order valence-corrected chi connectivity index (χ2v) is 7.91. The summed E-state index contributed by atoms with van der Waals surface area (Å²) in [6.45, 7) is 4.47. The van der Waals surface area contributed by atoms with E-state index in [-0.39, 0.29) is 5.54 Å². The number of nitrogens with two attached hydrogens (primary N) is 1. The molecular weight excluding hydrogens is 272 g/mol. The lowest BCUT2D eigenvalue weighted by atomic mass is 9.77. The molecule has 0 amide bonds. The minimum absolute atomic E-state index is 0.192. The summed E-state index contributed by atoms with van der Waals surface area (Å²) in [5.74, 6) is 0.716. The molecule has 2 aromatic rings. The fourth-order valence-corrected chi connectivity index (χ4v) is 4.94. The van der Waals surface area contributed by atoms with Gasteiger partial charge < -0.3 is 5.73 Å². The summed E-state index contributed by atoms with van der Waals surface area (Å²) in [7, 11) is 0. The molecule has 0 aromatic carbocycles. The van der Waals surface area contributed by atoms with E-state index in [2.05, 4.69) is 31.4 Å². The Bertz CT molecular complexity index is 559. The average Bonchev–Trinajstić information content (AvgIpc) is 2.97. The zero-order chi connectivity index (χ0) is 13.5. The van der Waals surface area contributed by atoms with E-state index < -0.39 is 0 Å². The Morgan fingerprint density at radius 1 is 1.47 bits per heavy atom. The van der Waals surface area contributed by atoms with Crippen molar-refractivity contribution >= 4 is 22.7 Å². The third-order valence-electron chi connectivity index (χ3n) is 4.01. The zero-order valence-corrected chi connectivity index (χ0v) is 13.1. The monoisotopic (exact) mass is 292 g/mol. The fourth-order valence-electron chi connectivity index (χ4n) is 3.04. The summed E-state index contributed by atoms with van der Waals surface area (Å²) >= 11 is 3.54.